The molecule has 2 aromatic carbocycles. The summed E-state index contributed by atoms with van der Waals surface area (Å²) in [4.78, 5) is 10.1. The van der Waals surface area contributed by atoms with E-state index in [1.807, 2.05) is 30.3 Å². The summed E-state index contributed by atoms with van der Waals surface area (Å²) in [6.07, 6.45) is 0. The molecule has 0 unspecified atom stereocenters. The molecule has 0 amide bonds. The van der Waals surface area contributed by atoms with Crippen molar-refractivity contribution >= 4 is 6.47 Å². The number of rotatable bonds is 4. The van der Waals surface area contributed by atoms with Crippen LogP contribution < -0.4 is 25.9 Å². The molecule has 2 nitrogen and oxygen atoms in total. The van der Waals surface area contributed by atoms with E-state index in [1.54, 1.807) is 0 Å². The Morgan fingerprint density at radius 3 is 2.12 bits per heavy atom. The average molecular weight is 325 g/mol. The molecule has 0 bridgehead atoms. The Bertz CT molecular complexity index is 451. The van der Waals surface area contributed by atoms with Crippen molar-refractivity contribution < 1.29 is 30.7 Å². The molecule has 0 aliphatic carbocycles. The Hall–Kier alpha value is -1.36. The van der Waals surface area contributed by atoms with Crippen LogP contribution in [0.5, 0.6) is 5.75 Å². The van der Waals surface area contributed by atoms with Gasteiger partial charge >= 0.3 is 105 Å². The molecule has 0 aromatic heterocycles. The molecule has 0 heterocycles. The van der Waals surface area contributed by atoms with Crippen LogP contribution in [0.4, 0.5) is 0 Å². The van der Waals surface area contributed by atoms with Gasteiger partial charge in [0, 0.05) is 0 Å². The monoisotopic (exact) mass is 325 g/mol. The number of carbonyl (C=O) groups excluding carboxylic acids is 1. The van der Waals surface area contributed by atoms with Crippen molar-refractivity contribution in [3.63, 3.8) is 0 Å². The molecule has 0 aliphatic heterocycles. The van der Waals surface area contributed by atoms with E-state index in [0.29, 0.717) is 12.2 Å². The van der Waals surface area contributed by atoms with E-state index >= 15 is 0 Å². The second-order valence-electron chi connectivity index (χ2n) is 3.06. The number of ether oxygens (including phenoxy) is 1. The average Bonchev–Trinajstić information content (AvgIpc) is 2.33. The van der Waals surface area contributed by atoms with Crippen molar-refractivity contribution in [2.75, 3.05) is 0 Å². The molecule has 0 atom stereocenters. The number of carbonyl (C=O) groups is 1. The van der Waals surface area contributed by atoms with Crippen molar-refractivity contribution in [3.05, 3.63) is 61.7 Å². The SMILES string of the molecule is O=COc1ccc([I-]c2ccccc2)cc1. The van der Waals surface area contributed by atoms with E-state index in [2.05, 4.69) is 24.3 Å². The molecule has 2 aromatic rings. The molecule has 3 heteroatoms. The zero-order valence-corrected chi connectivity index (χ0v) is 10.6. The normalized spacial score (nSPS) is 10.0. The minimum atomic E-state index is -0.138. The van der Waals surface area contributed by atoms with Crippen molar-refractivity contribution in [1.82, 2.24) is 0 Å². The Morgan fingerprint density at radius 1 is 0.875 bits per heavy atom. The van der Waals surface area contributed by atoms with Crippen LogP contribution in [0.25, 0.3) is 0 Å². The number of benzene rings is 2. The van der Waals surface area contributed by atoms with Gasteiger partial charge in [-0.1, -0.05) is 0 Å². The van der Waals surface area contributed by atoms with Crippen LogP contribution in [0.2, 0.25) is 0 Å². The van der Waals surface area contributed by atoms with Gasteiger partial charge in [0.1, 0.15) is 0 Å². The molecule has 2 rings (SSSR count). The molecular weight excluding hydrogens is 315 g/mol. The molecule has 82 valence electrons. The van der Waals surface area contributed by atoms with E-state index in [-0.39, 0.29) is 21.2 Å². The molecule has 16 heavy (non-hydrogen) atoms. The Kier molecular flexibility index (Phi) is 3.93. The zero-order chi connectivity index (χ0) is 11.2. The first-order valence-corrected chi connectivity index (χ1v) is 6.94. The van der Waals surface area contributed by atoms with E-state index in [0.717, 1.165) is 0 Å². The van der Waals surface area contributed by atoms with Crippen LogP contribution in [0.1, 0.15) is 0 Å². The van der Waals surface area contributed by atoms with Gasteiger partial charge in [-0.3, -0.25) is 0 Å². The van der Waals surface area contributed by atoms with Crippen LogP contribution >= 0.6 is 0 Å². The first kappa shape index (κ1) is 11.1. The van der Waals surface area contributed by atoms with Gasteiger partial charge in [-0.15, -0.1) is 0 Å². The van der Waals surface area contributed by atoms with Crippen LogP contribution in [0.3, 0.4) is 0 Å². The molecule has 0 N–H and O–H groups in total. The predicted octanol–water partition coefficient (Wildman–Crippen LogP) is -0.650. The molecule has 0 spiro atoms. The van der Waals surface area contributed by atoms with E-state index in [9.17, 15) is 4.79 Å². The number of halogens is 1. The third-order valence-corrected chi connectivity index (χ3v) is 4.63. The molecule has 0 saturated heterocycles. The van der Waals surface area contributed by atoms with Gasteiger partial charge in [-0.05, 0) is 0 Å². The zero-order valence-electron chi connectivity index (χ0n) is 8.47. The summed E-state index contributed by atoms with van der Waals surface area (Å²) in [5.74, 6) is 0.593. The summed E-state index contributed by atoms with van der Waals surface area (Å²) in [5, 5.41) is 0. The van der Waals surface area contributed by atoms with Gasteiger partial charge in [0.2, 0.25) is 0 Å². The molecule has 0 radical (unpaired) electrons. The fraction of sp³-hybridized carbons (Fsp3) is 0. The van der Waals surface area contributed by atoms with Gasteiger partial charge in [0.05, 0.1) is 0 Å². The minimum absolute atomic E-state index is 0.138. The van der Waals surface area contributed by atoms with E-state index < -0.39 is 0 Å². The maximum absolute atomic E-state index is 10.1. The standard InChI is InChI=1S/C13H10IO2/c15-10-16-13-8-6-12(7-9-13)14-11-4-2-1-3-5-11/h1-10H/q-1. The van der Waals surface area contributed by atoms with Crippen molar-refractivity contribution in [1.29, 1.82) is 0 Å². The van der Waals surface area contributed by atoms with Gasteiger partial charge in [-0.2, -0.15) is 0 Å². The quantitative estimate of drug-likeness (QED) is 0.552. The summed E-state index contributed by atoms with van der Waals surface area (Å²) < 4.78 is 7.43. The van der Waals surface area contributed by atoms with Gasteiger partial charge < -0.3 is 0 Å². The fourth-order valence-corrected chi connectivity index (χ4v) is 3.45. The molecule has 0 saturated carbocycles. The van der Waals surface area contributed by atoms with Gasteiger partial charge in [0.25, 0.3) is 0 Å². The number of hydrogen-bond acceptors (Lipinski definition) is 2. The van der Waals surface area contributed by atoms with Crippen LogP contribution in [0, 0.1) is 7.14 Å². The van der Waals surface area contributed by atoms with Crippen LogP contribution in [-0.2, 0) is 4.79 Å². The van der Waals surface area contributed by atoms with E-state index in [1.165, 1.54) is 7.14 Å². The molecule has 0 fully saturated rings. The Labute approximate surface area is 105 Å². The topological polar surface area (TPSA) is 26.3 Å². The summed E-state index contributed by atoms with van der Waals surface area (Å²) >= 11 is -0.138. The van der Waals surface area contributed by atoms with Crippen molar-refractivity contribution in [2.24, 2.45) is 0 Å². The van der Waals surface area contributed by atoms with Gasteiger partial charge in [-0.25, -0.2) is 0 Å². The van der Waals surface area contributed by atoms with Crippen LogP contribution in [0.15, 0.2) is 54.6 Å². The first-order chi connectivity index (χ1) is 7.88. The Balaban J connectivity index is 2.08. The van der Waals surface area contributed by atoms with Crippen molar-refractivity contribution in [2.45, 2.75) is 0 Å². The van der Waals surface area contributed by atoms with Gasteiger partial charge in [0.15, 0.2) is 0 Å². The molecular formula is C13H10IO2-. The summed E-state index contributed by atoms with van der Waals surface area (Å²) in [5.41, 5.74) is 0. The fourth-order valence-electron chi connectivity index (χ4n) is 1.24. The van der Waals surface area contributed by atoms with E-state index in [4.69, 9.17) is 4.74 Å². The van der Waals surface area contributed by atoms with Crippen LogP contribution in [-0.4, -0.2) is 6.47 Å². The summed E-state index contributed by atoms with van der Waals surface area (Å²) in [6.45, 7) is 0.446. The molecule has 0 aliphatic rings. The second kappa shape index (κ2) is 5.65. The van der Waals surface area contributed by atoms with Crippen molar-refractivity contribution in [3.8, 4) is 5.75 Å². The Morgan fingerprint density at radius 2 is 1.50 bits per heavy atom. The first-order valence-electron chi connectivity index (χ1n) is 4.79. The summed E-state index contributed by atoms with van der Waals surface area (Å²) in [7, 11) is 0. The second-order valence-corrected chi connectivity index (χ2v) is 6.09. The maximum atomic E-state index is 10.1. The predicted molar refractivity (Wildman–Crippen MR) is 57.0 cm³/mol. The summed E-state index contributed by atoms with van der Waals surface area (Å²) in [6, 6.07) is 18.1. The third kappa shape index (κ3) is 3.06. The number of hydrogen-bond donors (Lipinski definition) is 0. The third-order valence-electron chi connectivity index (χ3n) is 1.95.